The lowest BCUT2D eigenvalue weighted by Gasteiger charge is -2.30. The van der Waals surface area contributed by atoms with Crippen molar-refractivity contribution in [3.05, 3.63) is 81.0 Å². The van der Waals surface area contributed by atoms with E-state index < -0.39 is 0 Å². The summed E-state index contributed by atoms with van der Waals surface area (Å²) in [4.78, 5) is 25.3. The Kier molecular flexibility index (Phi) is 3.42. The van der Waals surface area contributed by atoms with Crippen LogP contribution in [0.4, 0.5) is 0 Å². The van der Waals surface area contributed by atoms with Crippen molar-refractivity contribution >= 4 is 27.5 Å². The molecule has 1 heterocycles. The van der Waals surface area contributed by atoms with Gasteiger partial charge in [-0.15, -0.1) is 0 Å². The molecule has 23 heavy (non-hydrogen) atoms. The number of carbonyl (C=O) groups excluding carboxylic acids is 2. The van der Waals surface area contributed by atoms with Gasteiger partial charge in [-0.2, -0.15) is 0 Å². The van der Waals surface area contributed by atoms with Crippen molar-refractivity contribution in [3.8, 4) is 0 Å². The molecule has 0 radical (unpaired) electrons. The number of allylic oxidation sites excluding steroid dienone is 2. The first-order valence-corrected chi connectivity index (χ1v) is 8.28. The van der Waals surface area contributed by atoms with Crippen LogP contribution in [-0.2, 0) is 4.74 Å². The van der Waals surface area contributed by atoms with Gasteiger partial charge in [-0.25, -0.2) is 0 Å². The van der Waals surface area contributed by atoms with Crippen LogP contribution >= 0.6 is 15.9 Å². The lowest BCUT2D eigenvalue weighted by molar-refractivity contribution is 0.0620. The molecule has 0 N–H and O–H groups in total. The molecule has 2 aliphatic rings. The van der Waals surface area contributed by atoms with E-state index in [1.165, 1.54) is 0 Å². The molecule has 2 aromatic rings. The number of rotatable bonds is 1. The van der Waals surface area contributed by atoms with E-state index in [-0.39, 0.29) is 23.4 Å². The molecule has 1 unspecified atom stereocenters. The largest absolute Gasteiger partial charge is 0.481 e. The number of benzene rings is 2. The minimum absolute atomic E-state index is 0.0792. The molecule has 1 aliphatic heterocycles. The lowest BCUT2D eigenvalue weighted by atomic mass is 9.83. The standard InChI is InChI=1S/C19H13BrO3/c20-12-7-5-11(6-8-12)16-10-9-15-17(21)13-3-1-2-4-14(13)18(22)19(15)23-16/h1-8,16H,9-10H2. The van der Waals surface area contributed by atoms with Gasteiger partial charge in [0.15, 0.2) is 11.5 Å². The molecule has 0 saturated heterocycles. The van der Waals surface area contributed by atoms with Crippen molar-refractivity contribution in [1.29, 1.82) is 0 Å². The predicted molar refractivity (Wildman–Crippen MR) is 89.3 cm³/mol. The van der Waals surface area contributed by atoms with Gasteiger partial charge < -0.3 is 4.74 Å². The van der Waals surface area contributed by atoms with E-state index in [9.17, 15) is 9.59 Å². The van der Waals surface area contributed by atoms with Crippen molar-refractivity contribution in [2.24, 2.45) is 0 Å². The Morgan fingerprint density at radius 1 is 0.913 bits per heavy atom. The van der Waals surface area contributed by atoms with Gasteiger partial charge in [-0.3, -0.25) is 9.59 Å². The van der Waals surface area contributed by atoms with Crippen molar-refractivity contribution in [1.82, 2.24) is 0 Å². The first-order chi connectivity index (χ1) is 11.1. The number of halogens is 1. The van der Waals surface area contributed by atoms with Gasteiger partial charge >= 0.3 is 0 Å². The maximum atomic E-state index is 12.7. The van der Waals surface area contributed by atoms with E-state index in [0.717, 1.165) is 10.0 Å². The molecule has 114 valence electrons. The zero-order valence-electron chi connectivity index (χ0n) is 12.2. The second kappa shape index (κ2) is 5.46. The molecule has 0 amide bonds. The molecule has 1 atom stereocenters. The fraction of sp³-hybridized carbons (Fsp3) is 0.158. The fourth-order valence-electron chi connectivity index (χ4n) is 3.14. The van der Waals surface area contributed by atoms with E-state index in [2.05, 4.69) is 15.9 Å². The molecule has 0 aromatic heterocycles. The van der Waals surface area contributed by atoms with Gasteiger partial charge in [-0.05, 0) is 30.5 Å². The van der Waals surface area contributed by atoms with E-state index in [4.69, 9.17) is 4.74 Å². The Morgan fingerprint density at radius 2 is 1.57 bits per heavy atom. The molecule has 0 saturated carbocycles. The van der Waals surface area contributed by atoms with Gasteiger partial charge in [-0.1, -0.05) is 52.3 Å². The summed E-state index contributed by atoms with van der Waals surface area (Å²) in [5, 5.41) is 0. The summed E-state index contributed by atoms with van der Waals surface area (Å²) in [6, 6.07) is 14.8. The minimum atomic E-state index is -0.191. The third-order valence-corrected chi connectivity index (χ3v) is 4.86. The Labute approximate surface area is 142 Å². The van der Waals surface area contributed by atoms with Crippen molar-refractivity contribution in [3.63, 3.8) is 0 Å². The first kappa shape index (κ1) is 14.4. The molecule has 0 bridgehead atoms. The molecule has 0 spiro atoms. The monoisotopic (exact) mass is 368 g/mol. The third kappa shape index (κ3) is 2.34. The van der Waals surface area contributed by atoms with Crippen LogP contribution in [0.1, 0.15) is 45.2 Å². The van der Waals surface area contributed by atoms with Crippen molar-refractivity contribution in [2.75, 3.05) is 0 Å². The van der Waals surface area contributed by atoms with Crippen LogP contribution in [0.25, 0.3) is 0 Å². The van der Waals surface area contributed by atoms with Crippen LogP contribution in [0.3, 0.4) is 0 Å². The summed E-state index contributed by atoms with van der Waals surface area (Å²) in [7, 11) is 0. The van der Waals surface area contributed by atoms with E-state index in [1.54, 1.807) is 24.3 Å². The molecule has 0 fully saturated rings. The van der Waals surface area contributed by atoms with Crippen LogP contribution in [0.5, 0.6) is 0 Å². The second-order valence-corrected chi connectivity index (χ2v) is 6.62. The van der Waals surface area contributed by atoms with Gasteiger partial charge in [0.05, 0.1) is 0 Å². The molecule has 2 aromatic carbocycles. The molecule has 1 aliphatic carbocycles. The SMILES string of the molecule is O=C1C2=C(OC(c3ccc(Br)cc3)CC2)C(=O)c2ccccc21. The highest BCUT2D eigenvalue weighted by Gasteiger charge is 2.37. The highest BCUT2D eigenvalue weighted by Crippen LogP contribution is 2.39. The lowest BCUT2D eigenvalue weighted by Crippen LogP contribution is -2.28. The first-order valence-electron chi connectivity index (χ1n) is 7.49. The molecular formula is C19H13BrO3. The Hall–Kier alpha value is -2.20. The summed E-state index contributed by atoms with van der Waals surface area (Å²) in [6.07, 6.45) is 1.07. The Bertz CT molecular complexity index is 849. The highest BCUT2D eigenvalue weighted by molar-refractivity contribution is 9.10. The number of hydrogen-bond donors (Lipinski definition) is 0. The quantitative estimate of drug-likeness (QED) is 0.736. The summed E-state index contributed by atoms with van der Waals surface area (Å²) in [6.45, 7) is 0. The van der Waals surface area contributed by atoms with Gasteiger partial charge in [0.25, 0.3) is 0 Å². The summed E-state index contributed by atoms with van der Waals surface area (Å²) in [5.74, 6) is -0.0330. The van der Waals surface area contributed by atoms with E-state index in [1.807, 2.05) is 24.3 Å². The summed E-state index contributed by atoms with van der Waals surface area (Å²) < 4.78 is 6.94. The van der Waals surface area contributed by atoms with Crippen LogP contribution in [0.15, 0.2) is 64.3 Å². The normalized spacial score (nSPS) is 20.0. The Balaban J connectivity index is 1.71. The van der Waals surface area contributed by atoms with E-state index >= 15 is 0 Å². The maximum absolute atomic E-state index is 12.7. The maximum Gasteiger partial charge on any atom is 0.228 e. The topological polar surface area (TPSA) is 43.4 Å². The smallest absolute Gasteiger partial charge is 0.228 e. The van der Waals surface area contributed by atoms with Crippen LogP contribution in [0, 0.1) is 0 Å². The number of carbonyl (C=O) groups is 2. The Morgan fingerprint density at radius 3 is 2.26 bits per heavy atom. The zero-order chi connectivity index (χ0) is 16.0. The molecule has 3 nitrogen and oxygen atoms in total. The van der Waals surface area contributed by atoms with Gasteiger partial charge in [0.2, 0.25) is 5.78 Å². The third-order valence-electron chi connectivity index (χ3n) is 4.33. The molecular weight excluding hydrogens is 356 g/mol. The number of ketones is 2. The minimum Gasteiger partial charge on any atom is -0.481 e. The zero-order valence-corrected chi connectivity index (χ0v) is 13.8. The van der Waals surface area contributed by atoms with Gasteiger partial charge in [0, 0.05) is 21.2 Å². The molecule has 4 rings (SSSR count). The van der Waals surface area contributed by atoms with Gasteiger partial charge in [0.1, 0.15) is 6.10 Å². The van der Waals surface area contributed by atoms with Crippen molar-refractivity contribution < 1.29 is 14.3 Å². The van der Waals surface area contributed by atoms with Crippen LogP contribution in [-0.4, -0.2) is 11.6 Å². The number of fused-ring (bicyclic) bond motifs is 1. The summed E-state index contributed by atoms with van der Waals surface area (Å²) >= 11 is 3.41. The second-order valence-electron chi connectivity index (χ2n) is 5.71. The molecule has 4 heteroatoms. The van der Waals surface area contributed by atoms with Crippen LogP contribution < -0.4 is 0 Å². The van der Waals surface area contributed by atoms with Crippen molar-refractivity contribution in [2.45, 2.75) is 18.9 Å². The number of hydrogen-bond acceptors (Lipinski definition) is 3. The predicted octanol–water partition coefficient (Wildman–Crippen LogP) is 4.63. The fourth-order valence-corrected chi connectivity index (χ4v) is 3.41. The summed E-state index contributed by atoms with van der Waals surface area (Å²) in [5.41, 5.74) is 2.45. The van der Waals surface area contributed by atoms with Crippen LogP contribution in [0.2, 0.25) is 0 Å². The average molecular weight is 369 g/mol. The van der Waals surface area contributed by atoms with E-state index in [0.29, 0.717) is 29.5 Å². The number of Topliss-reactive ketones (excluding diaryl/α,β-unsaturated/α-hetero) is 2. The number of ether oxygens (including phenoxy) is 1. The highest BCUT2D eigenvalue weighted by atomic mass is 79.9. The average Bonchev–Trinajstić information content (AvgIpc) is 2.60.